The van der Waals surface area contributed by atoms with Crippen molar-refractivity contribution in [2.75, 3.05) is 26.2 Å². The maximum Gasteiger partial charge on any atom is 0.272 e. The minimum atomic E-state index is -0.109. The van der Waals surface area contributed by atoms with Crippen LogP contribution in [-0.4, -0.2) is 68.0 Å². The van der Waals surface area contributed by atoms with Crippen molar-refractivity contribution in [1.29, 1.82) is 0 Å². The Hall–Kier alpha value is -3.94. The van der Waals surface area contributed by atoms with E-state index in [1.54, 1.807) is 28.3 Å². The van der Waals surface area contributed by atoms with Crippen LogP contribution in [0, 0.1) is 0 Å². The van der Waals surface area contributed by atoms with E-state index in [9.17, 15) is 9.59 Å². The Kier molecular flexibility index (Phi) is 4.51. The van der Waals surface area contributed by atoms with Crippen LogP contribution in [0.1, 0.15) is 20.8 Å². The highest BCUT2D eigenvalue weighted by molar-refractivity contribution is 5.98. The van der Waals surface area contributed by atoms with Crippen molar-refractivity contribution in [3.05, 3.63) is 72.3 Å². The van der Waals surface area contributed by atoms with Gasteiger partial charge in [-0.05, 0) is 41.8 Å². The largest absolute Gasteiger partial charge is 0.361 e. The number of aromatic amines is 2. The van der Waals surface area contributed by atoms with E-state index in [1.807, 2.05) is 42.6 Å². The molecule has 8 heteroatoms. The number of amides is 2. The Labute approximate surface area is 172 Å². The van der Waals surface area contributed by atoms with Crippen molar-refractivity contribution in [3.8, 4) is 11.3 Å². The third kappa shape index (κ3) is 3.32. The molecule has 4 aromatic rings. The first-order valence-corrected chi connectivity index (χ1v) is 9.80. The van der Waals surface area contributed by atoms with Gasteiger partial charge in [0.1, 0.15) is 5.69 Å². The number of hydrogen-bond donors (Lipinski definition) is 2. The molecule has 0 aliphatic carbocycles. The molecule has 0 radical (unpaired) electrons. The van der Waals surface area contributed by atoms with Crippen molar-refractivity contribution in [2.24, 2.45) is 0 Å². The zero-order valence-electron chi connectivity index (χ0n) is 16.2. The molecule has 2 amide bonds. The van der Waals surface area contributed by atoms with Gasteiger partial charge < -0.3 is 14.8 Å². The number of carbonyl (C=O) groups excluding carboxylic acids is 2. The SMILES string of the molecule is O=C(c1ccc2cc[nH]c2c1)N1CCN(C(=O)c2cc(-c3ccncc3)n[nH]2)CC1. The zero-order chi connectivity index (χ0) is 20.5. The van der Waals surface area contributed by atoms with Crippen molar-refractivity contribution >= 4 is 22.7 Å². The Morgan fingerprint density at radius 1 is 0.867 bits per heavy atom. The summed E-state index contributed by atoms with van der Waals surface area (Å²) in [6, 6.07) is 13.1. The molecule has 1 aliphatic heterocycles. The van der Waals surface area contributed by atoms with Gasteiger partial charge >= 0.3 is 0 Å². The average Bonchev–Trinajstić information content (AvgIpc) is 3.48. The quantitative estimate of drug-likeness (QED) is 0.552. The van der Waals surface area contributed by atoms with E-state index in [0.717, 1.165) is 16.5 Å². The van der Waals surface area contributed by atoms with E-state index in [1.165, 1.54) is 0 Å². The molecule has 8 nitrogen and oxygen atoms in total. The third-order valence-electron chi connectivity index (χ3n) is 5.44. The van der Waals surface area contributed by atoms with Crippen molar-refractivity contribution in [3.63, 3.8) is 0 Å². The summed E-state index contributed by atoms with van der Waals surface area (Å²) in [5, 5.41) is 8.14. The maximum absolute atomic E-state index is 12.9. The van der Waals surface area contributed by atoms with Crippen LogP contribution in [0.3, 0.4) is 0 Å². The molecule has 30 heavy (non-hydrogen) atoms. The Bertz CT molecular complexity index is 1200. The molecule has 0 bridgehead atoms. The van der Waals surface area contributed by atoms with E-state index in [4.69, 9.17) is 0 Å². The number of benzene rings is 1. The lowest BCUT2D eigenvalue weighted by molar-refractivity contribution is 0.0532. The number of hydrogen-bond acceptors (Lipinski definition) is 4. The van der Waals surface area contributed by atoms with Crippen LogP contribution in [0.2, 0.25) is 0 Å². The van der Waals surface area contributed by atoms with Gasteiger partial charge in [-0.15, -0.1) is 0 Å². The Morgan fingerprint density at radius 2 is 1.60 bits per heavy atom. The highest BCUT2D eigenvalue weighted by Crippen LogP contribution is 2.19. The second-order valence-electron chi connectivity index (χ2n) is 7.27. The predicted octanol–water partition coefficient (Wildman–Crippen LogP) is 2.55. The van der Waals surface area contributed by atoms with E-state index in [0.29, 0.717) is 43.1 Å². The highest BCUT2D eigenvalue weighted by atomic mass is 16.2. The molecule has 2 N–H and O–H groups in total. The Balaban J connectivity index is 1.24. The van der Waals surface area contributed by atoms with Crippen LogP contribution in [0.4, 0.5) is 0 Å². The van der Waals surface area contributed by atoms with Gasteiger partial charge in [0.2, 0.25) is 0 Å². The van der Waals surface area contributed by atoms with Gasteiger partial charge in [-0.2, -0.15) is 5.10 Å². The molecule has 150 valence electrons. The molecule has 0 unspecified atom stereocenters. The molecular formula is C22H20N6O2. The van der Waals surface area contributed by atoms with Crippen LogP contribution in [-0.2, 0) is 0 Å². The second-order valence-corrected chi connectivity index (χ2v) is 7.27. The second kappa shape index (κ2) is 7.47. The van der Waals surface area contributed by atoms with Gasteiger partial charge in [-0.1, -0.05) is 6.07 Å². The summed E-state index contributed by atoms with van der Waals surface area (Å²) >= 11 is 0. The molecule has 3 aromatic heterocycles. The number of rotatable bonds is 3. The Morgan fingerprint density at radius 3 is 2.37 bits per heavy atom. The number of pyridine rings is 1. The number of carbonyl (C=O) groups is 2. The summed E-state index contributed by atoms with van der Waals surface area (Å²) in [7, 11) is 0. The van der Waals surface area contributed by atoms with E-state index in [2.05, 4.69) is 20.2 Å². The van der Waals surface area contributed by atoms with E-state index in [-0.39, 0.29) is 11.8 Å². The van der Waals surface area contributed by atoms with Gasteiger partial charge in [0.15, 0.2) is 0 Å². The summed E-state index contributed by atoms with van der Waals surface area (Å²) in [6.45, 7) is 1.97. The van der Waals surface area contributed by atoms with Crippen LogP contribution >= 0.6 is 0 Å². The van der Waals surface area contributed by atoms with Crippen molar-refractivity contribution in [2.45, 2.75) is 0 Å². The first-order chi connectivity index (χ1) is 14.7. The molecule has 0 saturated carbocycles. The highest BCUT2D eigenvalue weighted by Gasteiger charge is 2.26. The standard InChI is InChI=1S/C22H20N6O2/c29-21(17-2-1-15-5-8-24-18(15)13-17)27-9-11-28(12-10-27)22(30)20-14-19(25-26-20)16-3-6-23-7-4-16/h1-8,13-14,24H,9-12H2,(H,25,26). The van der Waals surface area contributed by atoms with Crippen molar-refractivity contribution in [1.82, 2.24) is 30.0 Å². The van der Waals surface area contributed by atoms with E-state index < -0.39 is 0 Å². The average molecular weight is 400 g/mol. The van der Waals surface area contributed by atoms with Gasteiger partial charge in [0, 0.05) is 61.4 Å². The molecule has 1 saturated heterocycles. The summed E-state index contributed by atoms with van der Waals surface area (Å²) < 4.78 is 0. The molecule has 1 aliphatic rings. The fourth-order valence-electron chi connectivity index (χ4n) is 3.75. The normalized spacial score (nSPS) is 14.3. The number of aromatic nitrogens is 4. The van der Waals surface area contributed by atoms with Crippen LogP contribution in [0.25, 0.3) is 22.2 Å². The van der Waals surface area contributed by atoms with Crippen molar-refractivity contribution < 1.29 is 9.59 Å². The molecule has 1 aromatic carbocycles. The first kappa shape index (κ1) is 18.1. The monoisotopic (exact) mass is 400 g/mol. The fourth-order valence-corrected chi connectivity index (χ4v) is 3.75. The van der Waals surface area contributed by atoms with Crippen LogP contribution < -0.4 is 0 Å². The predicted molar refractivity (Wildman–Crippen MR) is 112 cm³/mol. The first-order valence-electron chi connectivity index (χ1n) is 9.80. The van der Waals surface area contributed by atoms with Gasteiger partial charge in [-0.3, -0.25) is 19.7 Å². The topological polar surface area (TPSA) is 98.0 Å². The molecule has 1 fully saturated rings. The van der Waals surface area contributed by atoms with E-state index >= 15 is 0 Å². The molecule has 0 spiro atoms. The lowest BCUT2D eigenvalue weighted by atomic mass is 10.1. The van der Waals surface area contributed by atoms with Crippen LogP contribution in [0.15, 0.2) is 61.1 Å². The molecule has 5 rings (SSSR count). The minimum absolute atomic E-state index is 0.0138. The molecular weight excluding hydrogens is 380 g/mol. The maximum atomic E-state index is 12.9. The zero-order valence-corrected chi connectivity index (χ0v) is 16.2. The van der Waals surface area contributed by atoms with Gasteiger partial charge in [-0.25, -0.2) is 0 Å². The summed E-state index contributed by atoms with van der Waals surface area (Å²) in [4.78, 5) is 36.4. The number of H-pyrrole nitrogens is 2. The lowest BCUT2D eigenvalue weighted by Crippen LogP contribution is -2.50. The third-order valence-corrected chi connectivity index (χ3v) is 5.44. The smallest absolute Gasteiger partial charge is 0.272 e. The molecule has 4 heterocycles. The van der Waals surface area contributed by atoms with Crippen LogP contribution in [0.5, 0.6) is 0 Å². The number of fused-ring (bicyclic) bond motifs is 1. The van der Waals surface area contributed by atoms with Gasteiger partial charge in [0.25, 0.3) is 11.8 Å². The summed E-state index contributed by atoms with van der Waals surface area (Å²) in [5.74, 6) is -0.122. The molecule has 0 atom stereocenters. The lowest BCUT2D eigenvalue weighted by Gasteiger charge is -2.34. The summed E-state index contributed by atoms with van der Waals surface area (Å²) in [5.41, 5.74) is 3.64. The number of nitrogens with zero attached hydrogens (tertiary/aromatic N) is 4. The minimum Gasteiger partial charge on any atom is -0.361 e. The fraction of sp³-hybridized carbons (Fsp3) is 0.182. The van der Waals surface area contributed by atoms with Gasteiger partial charge in [0.05, 0.1) is 5.69 Å². The number of nitrogens with one attached hydrogen (secondary N) is 2. The summed E-state index contributed by atoms with van der Waals surface area (Å²) in [6.07, 6.45) is 5.24. The number of piperazine rings is 1.